The number of halogens is 4. The molecule has 0 radical (unpaired) electrons. The first kappa shape index (κ1) is 21.4. The Balaban J connectivity index is 1.98. The van der Waals surface area contributed by atoms with Crippen LogP contribution in [-0.2, 0) is 6.18 Å². The Labute approximate surface area is 169 Å². The molecule has 1 aromatic heterocycles. The summed E-state index contributed by atoms with van der Waals surface area (Å²) in [6.45, 7) is 0. The molecule has 3 aromatic rings. The van der Waals surface area contributed by atoms with Gasteiger partial charge in [0, 0.05) is 35.8 Å². The average molecular weight is 438 g/mol. The van der Waals surface area contributed by atoms with E-state index in [0.717, 1.165) is 18.2 Å². The Hall–Kier alpha value is -4.36. The monoisotopic (exact) mass is 438 g/mol. The summed E-state index contributed by atoms with van der Waals surface area (Å²) in [5, 5.41) is 26.5. The van der Waals surface area contributed by atoms with Gasteiger partial charge in [-0.05, 0) is 18.2 Å². The molecule has 2 N–H and O–H groups in total. The lowest BCUT2D eigenvalue weighted by atomic mass is 10.2. The predicted molar refractivity (Wildman–Crippen MR) is 99.8 cm³/mol. The van der Waals surface area contributed by atoms with Crippen molar-refractivity contribution in [3.8, 4) is 0 Å². The molecule has 0 saturated carbocycles. The minimum Gasteiger partial charge on any atom is -0.339 e. The summed E-state index contributed by atoms with van der Waals surface area (Å²) < 4.78 is 53.5. The second-order valence-electron chi connectivity index (χ2n) is 5.93. The highest BCUT2D eigenvalue weighted by Crippen LogP contribution is 2.36. The molecular formula is C17H10F4N6O4. The van der Waals surface area contributed by atoms with Crippen molar-refractivity contribution in [1.82, 2.24) is 9.97 Å². The molecule has 0 spiro atoms. The van der Waals surface area contributed by atoms with Crippen LogP contribution < -0.4 is 10.6 Å². The van der Waals surface area contributed by atoms with Gasteiger partial charge in [0.05, 0.1) is 9.85 Å². The number of benzene rings is 2. The second kappa shape index (κ2) is 8.17. The molecule has 0 unspecified atom stereocenters. The van der Waals surface area contributed by atoms with Crippen molar-refractivity contribution in [2.24, 2.45) is 0 Å². The van der Waals surface area contributed by atoms with E-state index in [0.29, 0.717) is 12.3 Å². The van der Waals surface area contributed by atoms with Gasteiger partial charge in [0.2, 0.25) is 11.8 Å². The van der Waals surface area contributed by atoms with E-state index in [-0.39, 0.29) is 23.0 Å². The highest BCUT2D eigenvalue weighted by molar-refractivity contribution is 5.65. The minimum absolute atomic E-state index is 0.136. The number of hydrogen-bond donors (Lipinski definition) is 2. The van der Waals surface area contributed by atoms with Crippen LogP contribution in [0.25, 0.3) is 0 Å². The molecule has 1 heterocycles. The third kappa shape index (κ3) is 4.98. The zero-order chi connectivity index (χ0) is 22.8. The number of rotatable bonds is 6. The van der Waals surface area contributed by atoms with Crippen molar-refractivity contribution in [3.05, 3.63) is 80.3 Å². The highest BCUT2D eigenvalue weighted by atomic mass is 19.4. The lowest BCUT2D eigenvalue weighted by Crippen LogP contribution is -2.12. The Morgan fingerprint density at radius 2 is 1.65 bits per heavy atom. The smallest absolute Gasteiger partial charge is 0.339 e. The first-order valence-electron chi connectivity index (χ1n) is 8.21. The third-order valence-corrected chi connectivity index (χ3v) is 3.81. The van der Waals surface area contributed by atoms with Crippen LogP contribution in [-0.4, -0.2) is 19.8 Å². The quantitative estimate of drug-likeness (QED) is 0.314. The molecule has 2 aromatic carbocycles. The summed E-state index contributed by atoms with van der Waals surface area (Å²) in [4.78, 5) is 27.3. The van der Waals surface area contributed by atoms with Gasteiger partial charge in [-0.25, -0.2) is 4.98 Å². The van der Waals surface area contributed by atoms with Gasteiger partial charge in [0.1, 0.15) is 11.4 Å². The summed E-state index contributed by atoms with van der Waals surface area (Å²) in [6.07, 6.45) is -4.41. The number of aromatic nitrogens is 2. The number of nitrogens with one attached hydrogen (secondary N) is 2. The molecule has 0 aliphatic carbocycles. The summed E-state index contributed by atoms with van der Waals surface area (Å²) >= 11 is 0. The molecule has 0 saturated heterocycles. The van der Waals surface area contributed by atoms with Crippen molar-refractivity contribution in [2.75, 3.05) is 10.6 Å². The molecule has 31 heavy (non-hydrogen) atoms. The van der Waals surface area contributed by atoms with E-state index in [2.05, 4.69) is 20.6 Å². The first-order chi connectivity index (χ1) is 14.5. The Morgan fingerprint density at radius 1 is 0.935 bits per heavy atom. The number of alkyl halides is 3. The Morgan fingerprint density at radius 3 is 2.29 bits per heavy atom. The maximum atomic E-state index is 13.5. The number of hydrogen-bond acceptors (Lipinski definition) is 8. The van der Waals surface area contributed by atoms with Crippen LogP contribution in [0.1, 0.15) is 5.56 Å². The van der Waals surface area contributed by atoms with Crippen molar-refractivity contribution in [3.63, 3.8) is 0 Å². The fraction of sp³-hybridized carbons (Fsp3) is 0.0588. The van der Waals surface area contributed by atoms with Gasteiger partial charge in [-0.3, -0.25) is 20.2 Å². The van der Waals surface area contributed by atoms with E-state index in [1.165, 1.54) is 18.2 Å². The van der Waals surface area contributed by atoms with Gasteiger partial charge in [0.25, 0.3) is 5.69 Å². The molecule has 0 amide bonds. The van der Waals surface area contributed by atoms with Crippen molar-refractivity contribution in [1.29, 1.82) is 0 Å². The number of nitro groups is 2. The maximum absolute atomic E-state index is 13.5. The summed E-state index contributed by atoms with van der Waals surface area (Å²) in [5.74, 6) is -2.27. The van der Waals surface area contributed by atoms with E-state index in [1.54, 1.807) is 0 Å². The molecule has 0 atom stereocenters. The largest absolute Gasteiger partial charge is 0.421 e. The van der Waals surface area contributed by atoms with E-state index in [4.69, 9.17) is 0 Å². The van der Waals surface area contributed by atoms with E-state index >= 15 is 0 Å². The lowest BCUT2D eigenvalue weighted by Gasteiger charge is -2.15. The van der Waals surface area contributed by atoms with E-state index in [1.807, 2.05) is 0 Å². The average Bonchev–Trinajstić information content (AvgIpc) is 2.68. The van der Waals surface area contributed by atoms with Gasteiger partial charge in [-0.1, -0.05) is 6.07 Å². The Bertz CT molecular complexity index is 1170. The summed E-state index contributed by atoms with van der Waals surface area (Å²) in [5.41, 5.74) is -2.59. The zero-order valence-electron chi connectivity index (χ0n) is 15.1. The highest BCUT2D eigenvalue weighted by Gasteiger charge is 2.35. The lowest BCUT2D eigenvalue weighted by molar-refractivity contribution is -0.387. The normalized spacial score (nSPS) is 11.1. The van der Waals surface area contributed by atoms with Gasteiger partial charge < -0.3 is 10.6 Å². The molecule has 0 aliphatic rings. The molecular weight excluding hydrogens is 428 g/mol. The number of nitrogens with zero attached hydrogens (tertiary/aromatic N) is 4. The molecule has 10 nitrogen and oxygen atoms in total. The number of anilines is 4. The van der Waals surface area contributed by atoms with E-state index in [9.17, 15) is 37.8 Å². The van der Waals surface area contributed by atoms with Crippen LogP contribution in [0.2, 0.25) is 0 Å². The van der Waals surface area contributed by atoms with Gasteiger partial charge in [0.15, 0.2) is 0 Å². The van der Waals surface area contributed by atoms with Crippen molar-refractivity contribution < 1.29 is 27.4 Å². The zero-order valence-corrected chi connectivity index (χ0v) is 15.1. The van der Waals surface area contributed by atoms with Crippen LogP contribution in [0.3, 0.4) is 0 Å². The van der Waals surface area contributed by atoms with Crippen LogP contribution in [0.4, 0.5) is 52.1 Å². The fourth-order valence-electron chi connectivity index (χ4n) is 2.44. The van der Waals surface area contributed by atoms with Crippen molar-refractivity contribution in [2.45, 2.75) is 6.18 Å². The number of nitro benzene ring substituents is 2. The fourth-order valence-corrected chi connectivity index (χ4v) is 2.44. The van der Waals surface area contributed by atoms with Gasteiger partial charge >= 0.3 is 11.9 Å². The molecule has 3 rings (SSSR count). The SMILES string of the molecule is O=[N+]([O-])c1cccc(Nc2ncc(C(F)(F)F)c(Nc3ccc(F)c([N+](=O)[O-])c3)n2)c1. The molecule has 14 heteroatoms. The predicted octanol–water partition coefficient (Wildman–Crippen LogP) is 4.94. The van der Waals surface area contributed by atoms with Gasteiger partial charge in [-0.2, -0.15) is 22.5 Å². The van der Waals surface area contributed by atoms with Crippen LogP contribution in [0.5, 0.6) is 0 Å². The molecule has 0 bridgehead atoms. The first-order valence-corrected chi connectivity index (χ1v) is 8.21. The van der Waals surface area contributed by atoms with Crippen molar-refractivity contribution >= 4 is 34.5 Å². The topological polar surface area (TPSA) is 136 Å². The molecule has 160 valence electrons. The standard InChI is InChI=1S/C17H10F4N6O4/c18-13-5-4-10(7-14(13)27(30)31)23-15-12(17(19,20)21)8-22-16(25-15)24-9-2-1-3-11(6-9)26(28)29/h1-8H,(H2,22,23,24,25). The van der Waals surface area contributed by atoms with Crippen LogP contribution >= 0.6 is 0 Å². The third-order valence-electron chi connectivity index (χ3n) is 3.81. The second-order valence-corrected chi connectivity index (χ2v) is 5.93. The Kier molecular flexibility index (Phi) is 5.63. The molecule has 0 aliphatic heterocycles. The maximum Gasteiger partial charge on any atom is 0.421 e. The van der Waals surface area contributed by atoms with E-state index < -0.39 is 38.9 Å². The van der Waals surface area contributed by atoms with Gasteiger partial charge in [-0.15, -0.1) is 0 Å². The van der Waals surface area contributed by atoms with Crippen LogP contribution in [0.15, 0.2) is 48.7 Å². The summed E-state index contributed by atoms with van der Waals surface area (Å²) in [7, 11) is 0. The molecule has 0 fully saturated rings. The van der Waals surface area contributed by atoms with Crippen LogP contribution in [0, 0.1) is 26.0 Å². The summed E-state index contributed by atoms with van der Waals surface area (Å²) in [6, 6.07) is 7.52. The minimum atomic E-state index is -4.88. The number of non-ortho nitro benzene ring substituents is 1.